The van der Waals surface area contributed by atoms with Gasteiger partial charge in [0.05, 0.1) is 33.5 Å². The van der Waals surface area contributed by atoms with Crippen molar-refractivity contribution in [3.8, 4) is 21.8 Å². The number of fused-ring (bicyclic) bond motifs is 1. The lowest BCUT2D eigenvalue weighted by molar-refractivity contribution is -0.114. The highest BCUT2D eigenvalue weighted by Crippen LogP contribution is 2.40. The lowest BCUT2D eigenvalue weighted by Crippen LogP contribution is -2.07. The molecule has 0 bridgehead atoms. The Morgan fingerprint density at radius 1 is 1.19 bits per heavy atom. The minimum absolute atomic E-state index is 0.188. The number of carbonyl (C=O) groups is 1. The zero-order chi connectivity index (χ0) is 18.3. The number of carbonyl (C=O) groups excluding carboxylic acids is 1. The Labute approximate surface area is 162 Å². The van der Waals surface area contributed by atoms with E-state index in [-0.39, 0.29) is 5.91 Å². The van der Waals surface area contributed by atoms with Crippen LogP contribution < -0.4 is 5.32 Å². The standard InChI is InChI=1S/C17H11Cl2N5OS/c1-8(25)23-13-4-9(2-3-20-13)15-14(17-22-7-12(19)26-17)16-11(24-15)5-10(18)6-21-16/h2-7,24H,1H3,(H,20,23,25). The van der Waals surface area contributed by atoms with Gasteiger partial charge in [-0.25, -0.2) is 9.97 Å². The first-order valence-electron chi connectivity index (χ1n) is 7.54. The van der Waals surface area contributed by atoms with E-state index in [0.717, 1.165) is 32.9 Å². The molecule has 4 heterocycles. The quantitative estimate of drug-likeness (QED) is 0.503. The Kier molecular flexibility index (Phi) is 4.36. The maximum absolute atomic E-state index is 11.3. The number of aromatic amines is 1. The molecule has 0 saturated carbocycles. The van der Waals surface area contributed by atoms with Gasteiger partial charge in [-0.1, -0.05) is 23.2 Å². The van der Waals surface area contributed by atoms with Gasteiger partial charge < -0.3 is 10.3 Å². The van der Waals surface area contributed by atoms with Gasteiger partial charge in [0.25, 0.3) is 0 Å². The molecule has 4 aromatic rings. The summed E-state index contributed by atoms with van der Waals surface area (Å²) >= 11 is 13.5. The third kappa shape index (κ3) is 3.16. The van der Waals surface area contributed by atoms with Crippen LogP contribution in [0.4, 0.5) is 5.82 Å². The molecule has 0 radical (unpaired) electrons. The molecule has 9 heteroatoms. The summed E-state index contributed by atoms with van der Waals surface area (Å²) in [6.07, 6.45) is 4.83. The maximum Gasteiger partial charge on any atom is 0.222 e. The van der Waals surface area contributed by atoms with Crippen molar-refractivity contribution >= 4 is 57.3 Å². The topological polar surface area (TPSA) is 83.6 Å². The van der Waals surface area contributed by atoms with Crippen LogP contribution in [-0.4, -0.2) is 25.8 Å². The zero-order valence-corrected chi connectivity index (χ0v) is 15.7. The number of thiazole rings is 1. The van der Waals surface area contributed by atoms with E-state index < -0.39 is 0 Å². The fourth-order valence-electron chi connectivity index (χ4n) is 2.68. The minimum Gasteiger partial charge on any atom is -0.353 e. The van der Waals surface area contributed by atoms with E-state index in [1.54, 1.807) is 24.7 Å². The molecule has 0 aliphatic heterocycles. The van der Waals surface area contributed by atoms with E-state index in [4.69, 9.17) is 23.2 Å². The molecule has 0 unspecified atom stereocenters. The Morgan fingerprint density at radius 2 is 2.04 bits per heavy atom. The minimum atomic E-state index is -0.188. The molecule has 0 aliphatic carbocycles. The second-order valence-corrected chi connectivity index (χ2v) is 7.60. The molecule has 0 spiro atoms. The summed E-state index contributed by atoms with van der Waals surface area (Å²) in [6, 6.07) is 5.44. The molecule has 0 fully saturated rings. The molecule has 0 aromatic carbocycles. The number of nitrogens with one attached hydrogen (secondary N) is 2. The second kappa shape index (κ2) is 6.68. The summed E-state index contributed by atoms with van der Waals surface area (Å²) in [5.41, 5.74) is 3.99. The van der Waals surface area contributed by atoms with Crippen molar-refractivity contribution in [1.82, 2.24) is 19.9 Å². The molecular formula is C17H11Cl2N5OS. The van der Waals surface area contributed by atoms with E-state index in [2.05, 4.69) is 25.3 Å². The van der Waals surface area contributed by atoms with E-state index in [1.807, 2.05) is 12.1 Å². The molecule has 0 aliphatic rings. The van der Waals surface area contributed by atoms with Crippen LogP contribution in [0.25, 0.3) is 32.9 Å². The van der Waals surface area contributed by atoms with Crippen molar-refractivity contribution in [3.63, 3.8) is 0 Å². The SMILES string of the molecule is CC(=O)Nc1cc(-c2[nH]c3cc(Cl)cnc3c2-c2ncc(Cl)s2)ccn1. The largest absolute Gasteiger partial charge is 0.353 e. The molecule has 0 saturated heterocycles. The van der Waals surface area contributed by atoms with Gasteiger partial charge in [0, 0.05) is 24.9 Å². The number of pyridine rings is 2. The summed E-state index contributed by atoms with van der Waals surface area (Å²) in [6.45, 7) is 1.44. The fourth-order valence-corrected chi connectivity index (χ4v) is 3.80. The van der Waals surface area contributed by atoms with Crippen molar-refractivity contribution < 1.29 is 4.79 Å². The fraction of sp³-hybridized carbons (Fsp3) is 0.0588. The van der Waals surface area contributed by atoms with Gasteiger partial charge in [-0.2, -0.15) is 0 Å². The van der Waals surface area contributed by atoms with E-state index in [1.165, 1.54) is 18.3 Å². The molecule has 6 nitrogen and oxygen atoms in total. The number of aromatic nitrogens is 4. The summed E-state index contributed by atoms with van der Waals surface area (Å²) in [4.78, 5) is 27.7. The normalized spacial score (nSPS) is 11.0. The summed E-state index contributed by atoms with van der Waals surface area (Å²) in [7, 11) is 0. The average molecular weight is 404 g/mol. The van der Waals surface area contributed by atoms with Crippen molar-refractivity contribution in [3.05, 3.63) is 46.1 Å². The highest BCUT2D eigenvalue weighted by atomic mass is 35.5. The maximum atomic E-state index is 11.3. The number of anilines is 1. The Morgan fingerprint density at radius 3 is 2.77 bits per heavy atom. The highest BCUT2D eigenvalue weighted by Gasteiger charge is 2.19. The first-order valence-corrected chi connectivity index (χ1v) is 9.11. The van der Waals surface area contributed by atoms with Gasteiger partial charge in [-0.15, -0.1) is 11.3 Å². The van der Waals surface area contributed by atoms with Crippen LogP contribution in [0.2, 0.25) is 9.36 Å². The average Bonchev–Trinajstić information content (AvgIpc) is 3.17. The van der Waals surface area contributed by atoms with E-state index in [0.29, 0.717) is 15.2 Å². The van der Waals surface area contributed by atoms with Gasteiger partial charge in [-0.3, -0.25) is 9.78 Å². The Hall–Kier alpha value is -2.48. The van der Waals surface area contributed by atoms with Crippen molar-refractivity contribution in [2.75, 3.05) is 5.32 Å². The summed E-state index contributed by atoms with van der Waals surface area (Å²) in [5.74, 6) is 0.273. The third-order valence-corrected chi connectivity index (χ3v) is 4.98. The monoisotopic (exact) mass is 403 g/mol. The van der Waals surface area contributed by atoms with Crippen molar-refractivity contribution in [2.45, 2.75) is 6.92 Å². The van der Waals surface area contributed by atoms with Crippen LogP contribution in [0.3, 0.4) is 0 Å². The first-order chi connectivity index (χ1) is 12.5. The van der Waals surface area contributed by atoms with E-state index >= 15 is 0 Å². The Balaban J connectivity index is 1.96. The molecule has 26 heavy (non-hydrogen) atoms. The Bertz CT molecular complexity index is 1140. The first kappa shape index (κ1) is 17.0. The summed E-state index contributed by atoms with van der Waals surface area (Å²) in [5, 5.41) is 3.96. The predicted octanol–water partition coefficient (Wildman–Crippen LogP) is 5.01. The van der Waals surface area contributed by atoms with Crippen molar-refractivity contribution in [1.29, 1.82) is 0 Å². The number of hydrogen-bond acceptors (Lipinski definition) is 5. The molecule has 4 aromatic heterocycles. The predicted molar refractivity (Wildman–Crippen MR) is 105 cm³/mol. The van der Waals surface area contributed by atoms with E-state index in [9.17, 15) is 4.79 Å². The van der Waals surface area contributed by atoms with Gasteiger partial charge in [0.1, 0.15) is 15.2 Å². The van der Waals surface area contributed by atoms with Gasteiger partial charge in [-0.05, 0) is 18.2 Å². The lowest BCUT2D eigenvalue weighted by atomic mass is 10.1. The molecule has 4 rings (SSSR count). The zero-order valence-electron chi connectivity index (χ0n) is 13.4. The van der Waals surface area contributed by atoms with Gasteiger partial charge in [0.15, 0.2) is 0 Å². The third-order valence-electron chi connectivity index (χ3n) is 3.64. The van der Waals surface area contributed by atoms with Crippen LogP contribution in [0.1, 0.15) is 6.92 Å². The second-order valence-electron chi connectivity index (χ2n) is 5.51. The van der Waals surface area contributed by atoms with Crippen LogP contribution in [0.15, 0.2) is 36.8 Å². The van der Waals surface area contributed by atoms with Gasteiger partial charge in [0.2, 0.25) is 5.91 Å². The number of rotatable bonds is 3. The van der Waals surface area contributed by atoms with Crippen LogP contribution in [0.5, 0.6) is 0 Å². The highest BCUT2D eigenvalue weighted by molar-refractivity contribution is 7.19. The molecule has 2 N–H and O–H groups in total. The van der Waals surface area contributed by atoms with Crippen LogP contribution >= 0.6 is 34.5 Å². The molecule has 0 atom stereocenters. The number of H-pyrrole nitrogens is 1. The molecule has 1 amide bonds. The molecule has 130 valence electrons. The van der Waals surface area contributed by atoms with Crippen LogP contribution in [0, 0.1) is 0 Å². The van der Waals surface area contributed by atoms with Gasteiger partial charge >= 0.3 is 0 Å². The molecular weight excluding hydrogens is 393 g/mol. The number of hydrogen-bond donors (Lipinski definition) is 2. The lowest BCUT2D eigenvalue weighted by Gasteiger charge is -2.05. The number of amides is 1. The smallest absolute Gasteiger partial charge is 0.222 e. The number of nitrogens with zero attached hydrogens (tertiary/aromatic N) is 3. The summed E-state index contributed by atoms with van der Waals surface area (Å²) < 4.78 is 0.586. The van der Waals surface area contributed by atoms with Crippen molar-refractivity contribution in [2.24, 2.45) is 0 Å². The van der Waals surface area contributed by atoms with Crippen LogP contribution in [-0.2, 0) is 4.79 Å². The number of halogens is 2.